The van der Waals surface area contributed by atoms with E-state index in [1.54, 1.807) is 12.1 Å². The van der Waals surface area contributed by atoms with Crippen LogP contribution in [0.5, 0.6) is 0 Å². The van der Waals surface area contributed by atoms with Crippen LogP contribution in [-0.2, 0) is 17.8 Å². The number of anilines is 1. The fourth-order valence-electron chi connectivity index (χ4n) is 4.43. The number of nitrogens with one attached hydrogen (secondary N) is 2. The molecule has 0 aromatic heterocycles. The predicted octanol–water partition coefficient (Wildman–Crippen LogP) is 3.27. The van der Waals surface area contributed by atoms with Crippen molar-refractivity contribution in [2.24, 2.45) is 11.5 Å². The zero-order valence-electron chi connectivity index (χ0n) is 19.1. The number of carbonyl (C=O) groups is 2. The Hall–Kier alpha value is -4.13. The average molecular weight is 456 g/mol. The highest BCUT2D eigenvalue weighted by Crippen LogP contribution is 2.35. The molecule has 0 radical (unpaired) electrons. The highest BCUT2D eigenvalue weighted by Gasteiger charge is 2.35. The Morgan fingerprint density at radius 3 is 2.32 bits per heavy atom. The zero-order chi connectivity index (χ0) is 24.2. The number of primary amides is 1. The number of nitrogen functional groups attached to an aromatic ring is 1. The van der Waals surface area contributed by atoms with E-state index in [1.807, 2.05) is 65.6 Å². The molecule has 7 nitrogen and oxygen atoms in total. The van der Waals surface area contributed by atoms with Crippen LogP contribution in [-0.4, -0.2) is 23.7 Å². The first-order valence-corrected chi connectivity index (χ1v) is 11.4. The van der Waals surface area contributed by atoms with Gasteiger partial charge in [0.25, 0.3) is 0 Å². The highest BCUT2D eigenvalue weighted by molar-refractivity contribution is 5.97. The van der Waals surface area contributed by atoms with Crippen LogP contribution >= 0.6 is 0 Å². The summed E-state index contributed by atoms with van der Waals surface area (Å²) >= 11 is 0. The third-order valence-electron chi connectivity index (χ3n) is 6.32. The van der Waals surface area contributed by atoms with E-state index >= 15 is 0 Å². The van der Waals surface area contributed by atoms with Crippen LogP contribution in [0, 0.1) is 5.41 Å². The van der Waals surface area contributed by atoms with Gasteiger partial charge in [-0.3, -0.25) is 15.0 Å². The average Bonchev–Trinajstić information content (AvgIpc) is 3.21. The number of fused-ring (bicyclic) bond motifs is 1. The number of hydrogen-bond donors (Lipinski definition) is 4. The van der Waals surface area contributed by atoms with Crippen molar-refractivity contribution >= 4 is 23.3 Å². The van der Waals surface area contributed by atoms with Crippen molar-refractivity contribution in [1.82, 2.24) is 5.32 Å². The number of carbonyl (C=O) groups excluding carboxylic acids is 2. The van der Waals surface area contributed by atoms with Crippen molar-refractivity contribution in [1.29, 1.82) is 5.41 Å². The molecule has 0 spiro atoms. The van der Waals surface area contributed by atoms with Gasteiger partial charge in [-0.2, -0.15) is 0 Å². The largest absolute Gasteiger partial charge is 0.384 e. The van der Waals surface area contributed by atoms with Crippen LogP contribution in [0.25, 0.3) is 0 Å². The van der Waals surface area contributed by atoms with Crippen LogP contribution in [0.1, 0.15) is 52.0 Å². The van der Waals surface area contributed by atoms with E-state index in [0.717, 1.165) is 28.8 Å². The van der Waals surface area contributed by atoms with Gasteiger partial charge in [0, 0.05) is 29.8 Å². The molecule has 1 aliphatic rings. The van der Waals surface area contributed by atoms with Crippen LogP contribution in [0.4, 0.5) is 5.69 Å². The fourth-order valence-corrected chi connectivity index (χ4v) is 4.43. The predicted molar refractivity (Wildman–Crippen MR) is 134 cm³/mol. The van der Waals surface area contributed by atoms with Crippen molar-refractivity contribution in [3.63, 3.8) is 0 Å². The maximum absolute atomic E-state index is 13.5. The molecule has 0 aliphatic carbocycles. The van der Waals surface area contributed by atoms with Gasteiger partial charge in [-0.15, -0.1) is 0 Å². The minimum absolute atomic E-state index is 0.0170. The molecule has 1 heterocycles. The van der Waals surface area contributed by atoms with Gasteiger partial charge in [-0.1, -0.05) is 61.5 Å². The van der Waals surface area contributed by atoms with Crippen molar-refractivity contribution < 1.29 is 9.59 Å². The quantitative estimate of drug-likeness (QED) is 0.307. The third kappa shape index (κ3) is 4.78. The molecule has 3 aromatic carbocycles. The second kappa shape index (κ2) is 9.79. The number of amides is 2. The van der Waals surface area contributed by atoms with Crippen molar-refractivity contribution in [3.05, 3.63) is 101 Å². The molecule has 6 N–H and O–H groups in total. The first-order valence-electron chi connectivity index (χ1n) is 11.4. The molecule has 2 amide bonds. The van der Waals surface area contributed by atoms with E-state index in [-0.39, 0.29) is 17.8 Å². The molecule has 1 unspecified atom stereocenters. The summed E-state index contributed by atoms with van der Waals surface area (Å²) in [5.74, 6) is -0.547. The molecule has 2 atom stereocenters. The Morgan fingerprint density at radius 2 is 1.71 bits per heavy atom. The molecule has 0 bridgehead atoms. The maximum atomic E-state index is 13.5. The standard InChI is InChI=1S/C27H29N5O2/c1-2-22(18-6-4-3-5-7-18)31-27(34)24-14-20-12-13-21(25(28)29)15-23(20)32(24)16-17-8-10-19(11-9-17)26(30)33/h3-13,15,22,24H,2,14,16H2,1H3,(H3,28,29)(H2,30,33)(H,31,34)/t22-,24?/m1/s1. The van der Waals surface area contributed by atoms with E-state index in [1.165, 1.54) is 0 Å². The second-order valence-corrected chi connectivity index (χ2v) is 8.55. The molecule has 1 aliphatic heterocycles. The number of benzene rings is 3. The van der Waals surface area contributed by atoms with E-state index in [0.29, 0.717) is 24.1 Å². The maximum Gasteiger partial charge on any atom is 0.248 e. The summed E-state index contributed by atoms with van der Waals surface area (Å²) in [5.41, 5.74) is 16.1. The number of nitrogens with two attached hydrogens (primary N) is 2. The summed E-state index contributed by atoms with van der Waals surface area (Å²) in [7, 11) is 0. The number of hydrogen-bond acceptors (Lipinski definition) is 4. The molecule has 0 fully saturated rings. The normalized spacial score (nSPS) is 15.4. The smallest absolute Gasteiger partial charge is 0.248 e. The van der Waals surface area contributed by atoms with E-state index in [2.05, 4.69) is 12.2 Å². The van der Waals surface area contributed by atoms with Gasteiger partial charge in [0.05, 0.1) is 6.04 Å². The monoisotopic (exact) mass is 455 g/mol. The Morgan fingerprint density at radius 1 is 1.03 bits per heavy atom. The topological polar surface area (TPSA) is 125 Å². The SMILES string of the molecule is CC[C@@H](NC(=O)C1Cc2ccc(C(=N)N)cc2N1Cc1ccc(C(N)=O)cc1)c1ccccc1. The van der Waals surface area contributed by atoms with Crippen LogP contribution in [0.15, 0.2) is 72.8 Å². The van der Waals surface area contributed by atoms with Crippen molar-refractivity contribution in [3.8, 4) is 0 Å². The van der Waals surface area contributed by atoms with Gasteiger partial charge < -0.3 is 21.7 Å². The van der Waals surface area contributed by atoms with Crippen molar-refractivity contribution in [2.75, 3.05) is 4.90 Å². The first kappa shape index (κ1) is 23.0. The molecular weight excluding hydrogens is 426 g/mol. The van der Waals surface area contributed by atoms with E-state index in [9.17, 15) is 9.59 Å². The summed E-state index contributed by atoms with van der Waals surface area (Å²) in [6.45, 7) is 2.52. The molecule has 3 aromatic rings. The minimum atomic E-state index is -0.479. The number of rotatable bonds is 8. The number of amidine groups is 1. The molecular formula is C27H29N5O2. The van der Waals surface area contributed by atoms with Crippen molar-refractivity contribution in [2.45, 2.75) is 38.4 Å². The Bertz CT molecular complexity index is 1210. The van der Waals surface area contributed by atoms with Gasteiger partial charge in [0.2, 0.25) is 11.8 Å². The third-order valence-corrected chi connectivity index (χ3v) is 6.32. The van der Waals surface area contributed by atoms with Crippen LogP contribution < -0.4 is 21.7 Å². The molecule has 7 heteroatoms. The summed E-state index contributed by atoms with van der Waals surface area (Å²) in [4.78, 5) is 27.0. The van der Waals surface area contributed by atoms with Gasteiger partial charge >= 0.3 is 0 Å². The second-order valence-electron chi connectivity index (χ2n) is 8.55. The van der Waals surface area contributed by atoms with Gasteiger partial charge in [0.1, 0.15) is 11.9 Å². The molecule has 0 saturated heterocycles. The Kier molecular flexibility index (Phi) is 6.63. The van der Waals surface area contributed by atoms with E-state index < -0.39 is 11.9 Å². The molecule has 174 valence electrons. The highest BCUT2D eigenvalue weighted by atomic mass is 16.2. The summed E-state index contributed by atoms with van der Waals surface area (Å²) in [5, 5.41) is 11.1. The lowest BCUT2D eigenvalue weighted by Gasteiger charge is -2.29. The molecule has 4 rings (SSSR count). The minimum Gasteiger partial charge on any atom is -0.384 e. The lowest BCUT2D eigenvalue weighted by atomic mass is 10.0. The zero-order valence-corrected chi connectivity index (χ0v) is 19.1. The lowest BCUT2D eigenvalue weighted by Crippen LogP contribution is -2.46. The van der Waals surface area contributed by atoms with Crippen LogP contribution in [0.3, 0.4) is 0 Å². The Labute approximate surface area is 199 Å². The van der Waals surface area contributed by atoms with Gasteiger partial charge in [-0.25, -0.2) is 0 Å². The molecule has 34 heavy (non-hydrogen) atoms. The first-order chi connectivity index (χ1) is 16.4. The van der Waals surface area contributed by atoms with Crippen LogP contribution in [0.2, 0.25) is 0 Å². The summed E-state index contributed by atoms with van der Waals surface area (Å²) in [6.07, 6.45) is 1.34. The fraction of sp³-hybridized carbons (Fsp3) is 0.222. The molecule has 0 saturated carbocycles. The van der Waals surface area contributed by atoms with E-state index in [4.69, 9.17) is 16.9 Å². The summed E-state index contributed by atoms with van der Waals surface area (Å²) in [6, 6.07) is 22.2. The Balaban J connectivity index is 1.63. The summed E-state index contributed by atoms with van der Waals surface area (Å²) < 4.78 is 0. The number of nitrogens with zero attached hydrogens (tertiary/aromatic N) is 1. The van der Waals surface area contributed by atoms with Gasteiger partial charge in [0.15, 0.2) is 0 Å². The van der Waals surface area contributed by atoms with Gasteiger partial charge in [-0.05, 0) is 41.3 Å². The lowest BCUT2D eigenvalue weighted by molar-refractivity contribution is -0.123.